The summed E-state index contributed by atoms with van der Waals surface area (Å²) in [6, 6.07) is 15.9. The zero-order valence-electron chi connectivity index (χ0n) is 12.5. The summed E-state index contributed by atoms with van der Waals surface area (Å²) in [5.41, 5.74) is 2.51. The SMILES string of the molecule is CCOC(=O)c1ccc(NC(=S)Nc2cccc(C#N)c2)cc1. The topological polar surface area (TPSA) is 74.2 Å². The van der Waals surface area contributed by atoms with Crippen LogP contribution < -0.4 is 10.6 Å². The molecule has 0 fully saturated rings. The smallest absolute Gasteiger partial charge is 0.338 e. The number of nitriles is 1. The van der Waals surface area contributed by atoms with Gasteiger partial charge in [-0.15, -0.1) is 0 Å². The average Bonchev–Trinajstić information content (AvgIpc) is 2.55. The Morgan fingerprint density at radius 1 is 1.17 bits per heavy atom. The summed E-state index contributed by atoms with van der Waals surface area (Å²) in [6.45, 7) is 2.10. The molecule has 2 aromatic rings. The minimum atomic E-state index is -0.354. The molecule has 0 heterocycles. The highest BCUT2D eigenvalue weighted by molar-refractivity contribution is 7.80. The fourth-order valence-corrected chi connectivity index (χ4v) is 2.10. The molecule has 2 rings (SSSR count). The number of ether oxygens (including phenoxy) is 1. The van der Waals surface area contributed by atoms with Crippen molar-refractivity contribution in [2.45, 2.75) is 6.92 Å². The molecule has 2 aromatic carbocycles. The van der Waals surface area contributed by atoms with Crippen LogP contribution in [-0.2, 0) is 4.74 Å². The molecule has 0 aliphatic carbocycles. The number of thiocarbonyl (C=S) groups is 1. The predicted molar refractivity (Wildman–Crippen MR) is 93.4 cm³/mol. The molecule has 0 aromatic heterocycles. The van der Waals surface area contributed by atoms with Crippen LogP contribution in [0.5, 0.6) is 0 Å². The number of carbonyl (C=O) groups excluding carboxylic acids is 1. The van der Waals surface area contributed by atoms with Crippen LogP contribution in [0.3, 0.4) is 0 Å². The highest BCUT2D eigenvalue weighted by Gasteiger charge is 2.06. The summed E-state index contributed by atoms with van der Waals surface area (Å²) in [4.78, 5) is 11.6. The van der Waals surface area contributed by atoms with Crippen LogP contribution >= 0.6 is 12.2 Å². The maximum absolute atomic E-state index is 11.6. The average molecular weight is 325 g/mol. The van der Waals surface area contributed by atoms with Gasteiger partial charge in [0.15, 0.2) is 5.11 Å². The molecule has 23 heavy (non-hydrogen) atoms. The van der Waals surface area contributed by atoms with Crippen molar-refractivity contribution in [1.29, 1.82) is 5.26 Å². The van der Waals surface area contributed by atoms with Crippen LogP contribution in [0.15, 0.2) is 48.5 Å². The van der Waals surface area contributed by atoms with Gasteiger partial charge in [0.05, 0.1) is 23.8 Å². The van der Waals surface area contributed by atoms with Gasteiger partial charge in [0.1, 0.15) is 0 Å². The highest BCUT2D eigenvalue weighted by atomic mass is 32.1. The van der Waals surface area contributed by atoms with Crippen LogP contribution in [0.1, 0.15) is 22.8 Å². The molecule has 0 saturated heterocycles. The van der Waals surface area contributed by atoms with E-state index in [1.165, 1.54) is 0 Å². The van der Waals surface area contributed by atoms with Crippen LogP contribution in [0.25, 0.3) is 0 Å². The lowest BCUT2D eigenvalue weighted by atomic mass is 10.2. The molecule has 0 saturated carbocycles. The summed E-state index contributed by atoms with van der Waals surface area (Å²) >= 11 is 5.23. The first-order valence-electron chi connectivity index (χ1n) is 6.97. The van der Waals surface area contributed by atoms with Crippen molar-refractivity contribution in [2.75, 3.05) is 17.2 Å². The fraction of sp³-hybridized carbons (Fsp3) is 0.118. The Bertz CT molecular complexity index is 751. The maximum Gasteiger partial charge on any atom is 0.338 e. The molecule has 5 nitrogen and oxygen atoms in total. The second kappa shape index (κ2) is 7.92. The lowest BCUT2D eigenvalue weighted by Gasteiger charge is -2.11. The minimum absolute atomic E-state index is 0.342. The van der Waals surface area contributed by atoms with Gasteiger partial charge < -0.3 is 15.4 Å². The Balaban J connectivity index is 1.97. The van der Waals surface area contributed by atoms with Gasteiger partial charge in [-0.2, -0.15) is 5.26 Å². The molecule has 0 amide bonds. The first-order chi connectivity index (χ1) is 11.1. The standard InChI is InChI=1S/C17H15N3O2S/c1-2-22-16(21)13-6-8-14(9-7-13)19-17(23)20-15-5-3-4-12(10-15)11-18/h3-10H,2H2,1H3,(H2,19,20,23). The molecule has 0 atom stereocenters. The van der Waals surface area contributed by atoms with Crippen LogP contribution in [0.2, 0.25) is 0 Å². The van der Waals surface area contributed by atoms with Crippen molar-refractivity contribution >= 4 is 34.7 Å². The molecule has 0 aliphatic rings. The Labute approximate surface area is 139 Å². The van der Waals surface area contributed by atoms with Crippen molar-refractivity contribution in [1.82, 2.24) is 0 Å². The summed E-state index contributed by atoms with van der Waals surface area (Å²) in [5, 5.41) is 15.3. The van der Waals surface area contributed by atoms with E-state index in [4.69, 9.17) is 22.2 Å². The predicted octanol–water partition coefficient (Wildman–Crippen LogP) is 3.54. The van der Waals surface area contributed by atoms with Gasteiger partial charge in [-0.3, -0.25) is 0 Å². The number of anilines is 2. The third-order valence-corrected chi connectivity index (χ3v) is 3.11. The molecule has 0 spiro atoms. The van der Waals surface area contributed by atoms with Crippen molar-refractivity contribution in [3.8, 4) is 6.07 Å². The van der Waals surface area contributed by atoms with E-state index in [0.29, 0.717) is 22.8 Å². The summed E-state index contributed by atoms with van der Waals surface area (Å²) < 4.78 is 4.93. The van der Waals surface area contributed by atoms with E-state index in [1.807, 2.05) is 6.07 Å². The zero-order valence-corrected chi connectivity index (χ0v) is 13.3. The van der Waals surface area contributed by atoms with Crippen molar-refractivity contribution < 1.29 is 9.53 Å². The van der Waals surface area contributed by atoms with Crippen molar-refractivity contribution in [2.24, 2.45) is 0 Å². The molecule has 0 aliphatic heterocycles. The lowest BCUT2D eigenvalue weighted by Crippen LogP contribution is -2.19. The minimum Gasteiger partial charge on any atom is -0.462 e. The number of nitrogens with one attached hydrogen (secondary N) is 2. The largest absolute Gasteiger partial charge is 0.462 e. The zero-order chi connectivity index (χ0) is 16.7. The van der Waals surface area contributed by atoms with E-state index in [9.17, 15) is 4.79 Å². The number of hydrogen-bond acceptors (Lipinski definition) is 4. The summed E-state index contributed by atoms with van der Waals surface area (Å²) in [5.74, 6) is -0.354. The Kier molecular flexibility index (Phi) is 5.67. The van der Waals surface area contributed by atoms with Gasteiger partial charge in [0.2, 0.25) is 0 Å². The summed E-state index contributed by atoms with van der Waals surface area (Å²) in [6.07, 6.45) is 0. The molecule has 116 valence electrons. The first-order valence-corrected chi connectivity index (χ1v) is 7.38. The molecule has 0 bridgehead atoms. The van der Waals surface area contributed by atoms with Crippen molar-refractivity contribution in [3.63, 3.8) is 0 Å². The number of benzene rings is 2. The molecular formula is C17H15N3O2S. The molecule has 2 N–H and O–H groups in total. The maximum atomic E-state index is 11.6. The van der Waals surface area contributed by atoms with Crippen LogP contribution in [0, 0.1) is 11.3 Å². The normalized spacial score (nSPS) is 9.57. The highest BCUT2D eigenvalue weighted by Crippen LogP contribution is 2.13. The number of hydrogen-bond donors (Lipinski definition) is 2. The Morgan fingerprint density at radius 3 is 2.52 bits per heavy atom. The number of rotatable bonds is 4. The van der Waals surface area contributed by atoms with E-state index in [1.54, 1.807) is 49.4 Å². The van der Waals surface area contributed by atoms with Crippen molar-refractivity contribution in [3.05, 3.63) is 59.7 Å². The second-order valence-electron chi connectivity index (χ2n) is 4.57. The molecule has 6 heteroatoms. The van der Waals surface area contributed by atoms with E-state index >= 15 is 0 Å². The van der Waals surface area contributed by atoms with E-state index in [0.717, 1.165) is 11.4 Å². The Morgan fingerprint density at radius 2 is 1.87 bits per heavy atom. The van der Waals surface area contributed by atoms with Crippen LogP contribution in [-0.4, -0.2) is 17.7 Å². The fourth-order valence-electron chi connectivity index (χ4n) is 1.86. The number of carbonyl (C=O) groups is 1. The third kappa shape index (κ3) is 4.80. The number of esters is 1. The van der Waals surface area contributed by atoms with Gasteiger partial charge in [0, 0.05) is 11.4 Å². The Hall–Kier alpha value is -2.91. The quantitative estimate of drug-likeness (QED) is 0.661. The van der Waals surface area contributed by atoms with E-state index in [-0.39, 0.29) is 5.97 Å². The van der Waals surface area contributed by atoms with Gasteiger partial charge >= 0.3 is 5.97 Å². The van der Waals surface area contributed by atoms with Gasteiger partial charge in [-0.1, -0.05) is 6.07 Å². The molecule has 0 unspecified atom stereocenters. The van der Waals surface area contributed by atoms with Gasteiger partial charge in [0.25, 0.3) is 0 Å². The lowest BCUT2D eigenvalue weighted by molar-refractivity contribution is 0.0526. The van der Waals surface area contributed by atoms with Gasteiger partial charge in [-0.05, 0) is 61.6 Å². The molecule has 0 radical (unpaired) electrons. The summed E-state index contributed by atoms with van der Waals surface area (Å²) in [7, 11) is 0. The number of nitrogens with zero attached hydrogens (tertiary/aromatic N) is 1. The monoisotopic (exact) mass is 325 g/mol. The van der Waals surface area contributed by atoms with Crippen LogP contribution in [0.4, 0.5) is 11.4 Å². The second-order valence-corrected chi connectivity index (χ2v) is 4.98. The van der Waals surface area contributed by atoms with E-state index < -0.39 is 0 Å². The molecular weight excluding hydrogens is 310 g/mol. The third-order valence-electron chi connectivity index (χ3n) is 2.90. The van der Waals surface area contributed by atoms with E-state index in [2.05, 4.69) is 16.7 Å². The first kappa shape index (κ1) is 16.5. The van der Waals surface area contributed by atoms with Gasteiger partial charge in [-0.25, -0.2) is 4.79 Å².